The van der Waals surface area contributed by atoms with Crippen LogP contribution in [0, 0.1) is 11.8 Å². The van der Waals surface area contributed by atoms with Gasteiger partial charge in [0.2, 0.25) is 18.2 Å². The molecule has 15 heteroatoms. The average molecular weight is 737 g/mol. The van der Waals surface area contributed by atoms with Crippen molar-refractivity contribution < 1.29 is 47.0 Å². The van der Waals surface area contributed by atoms with Gasteiger partial charge >= 0.3 is 5.97 Å². The highest BCUT2D eigenvalue weighted by Crippen LogP contribution is 2.17. The number of imide groups is 1. The Bertz CT molecular complexity index is 1320. The van der Waals surface area contributed by atoms with E-state index in [0.29, 0.717) is 55.8 Å². The third kappa shape index (κ3) is 25.3. The highest BCUT2D eigenvalue weighted by molar-refractivity contribution is 7.79. The van der Waals surface area contributed by atoms with Gasteiger partial charge in [0.1, 0.15) is 19.3 Å². The Morgan fingerprint density at radius 1 is 1.04 bits per heavy atom. The molecule has 4 N–H and O–H groups in total. The minimum absolute atomic E-state index is 0.0276. The van der Waals surface area contributed by atoms with Gasteiger partial charge in [0.25, 0.3) is 11.8 Å². The zero-order valence-electron chi connectivity index (χ0n) is 31.0. The normalized spacial score (nSPS) is 12.2. The van der Waals surface area contributed by atoms with Gasteiger partial charge in [-0.25, -0.2) is 4.21 Å². The van der Waals surface area contributed by atoms with Crippen LogP contribution < -0.4 is 16.0 Å². The second kappa shape index (κ2) is 31.6. The highest BCUT2D eigenvalue weighted by Gasteiger charge is 2.22. The fourth-order valence-corrected chi connectivity index (χ4v) is 4.08. The van der Waals surface area contributed by atoms with E-state index in [0.717, 1.165) is 19.3 Å². The number of rotatable bonds is 18. The zero-order chi connectivity index (χ0) is 39.0. The minimum Gasteiger partial charge on any atom is -0.461 e. The first-order valence-corrected chi connectivity index (χ1v) is 18.4. The molecule has 2 unspecified atom stereocenters. The van der Waals surface area contributed by atoms with Crippen LogP contribution >= 0.6 is 0 Å². The summed E-state index contributed by atoms with van der Waals surface area (Å²) in [6.45, 7) is 14.5. The molecule has 0 fully saturated rings. The standard InChI is InChI=1S/C19H24N2O7S.C12H18N2O3.C3H8.C2H6/c1-14(20-13-22)19(24)21-18-7-6-17(12-28-15(2)23)16(11-18)5-3-8-27-9-4-10-29(25)26;1-2-13-10(15)6-4-3-5-9-14-11(16)7-8-12(14)17;1-3-2;1-2/h6-7,11,13-14H,4,8-10,12H2,1-2H3,(H,20,22)(H,21,24)(H,25,26);7-8H,2-6,9H2,1H3,(H,13,15);3H2,1-2H3;1-2H3. The highest BCUT2D eigenvalue weighted by atomic mass is 32.2. The molecule has 1 aliphatic rings. The molecule has 1 heterocycles. The van der Waals surface area contributed by atoms with E-state index >= 15 is 0 Å². The number of benzene rings is 1. The van der Waals surface area contributed by atoms with Gasteiger partial charge in [0.15, 0.2) is 11.1 Å². The molecule has 0 aromatic heterocycles. The number of amides is 5. The summed E-state index contributed by atoms with van der Waals surface area (Å²) >= 11 is -1.84. The molecular weight excluding hydrogens is 680 g/mol. The van der Waals surface area contributed by atoms with Gasteiger partial charge in [-0.2, -0.15) is 0 Å². The number of unbranched alkanes of at least 4 members (excludes halogenated alkanes) is 2. The fraction of sp³-hybridized carbons (Fsp3) is 0.556. The van der Waals surface area contributed by atoms with Crippen LogP contribution in [0.4, 0.5) is 5.69 Å². The Labute approximate surface area is 305 Å². The van der Waals surface area contributed by atoms with Crippen LogP contribution in [0.2, 0.25) is 0 Å². The molecule has 2 rings (SSSR count). The molecule has 1 aliphatic heterocycles. The van der Waals surface area contributed by atoms with Gasteiger partial charge in [0.05, 0.1) is 5.75 Å². The van der Waals surface area contributed by atoms with Crippen LogP contribution in [0.15, 0.2) is 30.4 Å². The summed E-state index contributed by atoms with van der Waals surface area (Å²) in [5, 5.41) is 7.75. The number of esters is 1. The van der Waals surface area contributed by atoms with E-state index in [1.165, 1.54) is 30.4 Å². The third-order valence-corrected chi connectivity index (χ3v) is 6.72. The van der Waals surface area contributed by atoms with Crippen molar-refractivity contribution in [2.75, 3.05) is 37.4 Å². The lowest BCUT2D eigenvalue weighted by atomic mass is 10.1. The summed E-state index contributed by atoms with van der Waals surface area (Å²) in [7, 11) is 0. The van der Waals surface area contributed by atoms with Crippen molar-refractivity contribution in [2.45, 2.75) is 99.6 Å². The minimum atomic E-state index is -1.84. The summed E-state index contributed by atoms with van der Waals surface area (Å²) < 4.78 is 29.5. The smallest absolute Gasteiger partial charge is 0.302 e. The number of ether oxygens (including phenoxy) is 2. The van der Waals surface area contributed by atoms with Crippen LogP contribution in [-0.4, -0.2) is 87.8 Å². The van der Waals surface area contributed by atoms with Crippen LogP contribution in [0.1, 0.15) is 98.1 Å². The first-order chi connectivity index (χ1) is 24.4. The summed E-state index contributed by atoms with van der Waals surface area (Å²) in [5.41, 5.74) is 1.66. The first kappa shape index (κ1) is 48.7. The maximum absolute atomic E-state index is 12.0. The lowest BCUT2D eigenvalue weighted by Crippen LogP contribution is -2.37. The molecule has 0 saturated heterocycles. The number of carbonyl (C=O) groups excluding carboxylic acids is 6. The lowest BCUT2D eigenvalue weighted by molar-refractivity contribution is -0.142. The maximum atomic E-state index is 12.0. The van der Waals surface area contributed by atoms with E-state index in [9.17, 15) is 33.0 Å². The van der Waals surface area contributed by atoms with E-state index in [1.807, 2.05) is 20.8 Å². The van der Waals surface area contributed by atoms with Gasteiger partial charge in [-0.3, -0.25) is 33.7 Å². The molecule has 1 aromatic rings. The second-order valence-electron chi connectivity index (χ2n) is 10.5. The van der Waals surface area contributed by atoms with Crippen molar-refractivity contribution >= 4 is 52.8 Å². The number of nitrogens with one attached hydrogen (secondary N) is 3. The third-order valence-electron chi connectivity index (χ3n) is 6.08. The van der Waals surface area contributed by atoms with Crippen molar-refractivity contribution in [3.8, 4) is 11.8 Å². The summed E-state index contributed by atoms with van der Waals surface area (Å²) in [6.07, 6.45) is 7.60. The molecule has 51 heavy (non-hydrogen) atoms. The van der Waals surface area contributed by atoms with E-state index in [2.05, 4.69) is 41.6 Å². The van der Waals surface area contributed by atoms with Crippen molar-refractivity contribution in [3.05, 3.63) is 41.5 Å². The molecule has 5 amide bonds. The van der Waals surface area contributed by atoms with Crippen LogP contribution in [-0.2, 0) is 55.9 Å². The van der Waals surface area contributed by atoms with E-state index in [4.69, 9.17) is 14.0 Å². The van der Waals surface area contributed by atoms with Crippen molar-refractivity contribution in [2.24, 2.45) is 0 Å². The SMILES string of the molecule is CC.CC(=O)OCc1ccc(NC(=O)C(C)NC=O)cc1C#CCOCCCS(=O)O.CCC.CCNC(=O)CCCCCN1C(=O)C=CC1=O. The van der Waals surface area contributed by atoms with E-state index < -0.39 is 29.0 Å². The summed E-state index contributed by atoms with van der Waals surface area (Å²) in [5.74, 6) is 4.62. The Morgan fingerprint density at radius 2 is 1.69 bits per heavy atom. The molecule has 0 bridgehead atoms. The monoisotopic (exact) mass is 736 g/mol. The van der Waals surface area contributed by atoms with Gasteiger partial charge in [-0.1, -0.05) is 58.4 Å². The number of nitrogens with zero attached hydrogens (tertiary/aromatic N) is 1. The van der Waals surface area contributed by atoms with Gasteiger partial charge in [-0.05, 0) is 45.2 Å². The second-order valence-corrected chi connectivity index (χ2v) is 11.6. The van der Waals surface area contributed by atoms with Crippen molar-refractivity contribution in [1.82, 2.24) is 15.5 Å². The molecule has 14 nitrogen and oxygen atoms in total. The van der Waals surface area contributed by atoms with Gasteiger partial charge < -0.3 is 30.0 Å². The Morgan fingerprint density at radius 3 is 2.25 bits per heavy atom. The average Bonchev–Trinajstić information content (AvgIpc) is 3.41. The lowest BCUT2D eigenvalue weighted by Gasteiger charge is -2.13. The predicted molar refractivity (Wildman–Crippen MR) is 197 cm³/mol. The number of carbonyl (C=O) groups is 6. The Kier molecular flexibility index (Phi) is 30.2. The fourth-order valence-electron chi connectivity index (χ4n) is 3.71. The molecule has 0 aliphatic carbocycles. The van der Waals surface area contributed by atoms with Crippen LogP contribution in [0.25, 0.3) is 0 Å². The topological polar surface area (TPSA) is 198 Å². The van der Waals surface area contributed by atoms with Crippen LogP contribution in [0.5, 0.6) is 0 Å². The van der Waals surface area contributed by atoms with Gasteiger partial charge in [0, 0.05) is 62.0 Å². The van der Waals surface area contributed by atoms with E-state index in [-0.39, 0.29) is 36.7 Å². The molecule has 286 valence electrons. The number of anilines is 1. The quantitative estimate of drug-likeness (QED) is 0.0429. The Hall–Kier alpha value is -4.39. The molecule has 0 radical (unpaired) electrons. The van der Waals surface area contributed by atoms with Gasteiger partial charge in [-0.15, -0.1) is 0 Å². The zero-order valence-corrected chi connectivity index (χ0v) is 31.8. The predicted octanol–water partition coefficient (Wildman–Crippen LogP) is 3.85. The molecule has 0 spiro atoms. The van der Waals surface area contributed by atoms with Crippen LogP contribution in [0.3, 0.4) is 0 Å². The van der Waals surface area contributed by atoms with E-state index in [1.54, 1.807) is 25.1 Å². The number of hydrogen-bond acceptors (Lipinski definition) is 9. The molecule has 0 saturated carbocycles. The first-order valence-electron chi connectivity index (χ1n) is 17.1. The summed E-state index contributed by atoms with van der Waals surface area (Å²) in [4.78, 5) is 68.3. The molecular formula is C36H56N4O10S. The van der Waals surface area contributed by atoms with Crippen molar-refractivity contribution in [3.63, 3.8) is 0 Å². The molecule has 1 aromatic carbocycles. The molecule has 2 atom stereocenters. The van der Waals surface area contributed by atoms with Crippen molar-refractivity contribution in [1.29, 1.82) is 0 Å². The maximum Gasteiger partial charge on any atom is 0.302 e. The number of hydrogen-bond donors (Lipinski definition) is 4. The summed E-state index contributed by atoms with van der Waals surface area (Å²) in [6, 6.07) is 4.25. The largest absolute Gasteiger partial charge is 0.461 e. The Balaban J connectivity index is 0.